The van der Waals surface area contributed by atoms with Crippen LogP contribution in [0.5, 0.6) is 0 Å². The van der Waals surface area contributed by atoms with Gasteiger partial charge in [0.2, 0.25) is 0 Å². The maximum atomic E-state index is 13.0. The van der Waals surface area contributed by atoms with E-state index in [2.05, 4.69) is 17.9 Å². The summed E-state index contributed by atoms with van der Waals surface area (Å²) >= 11 is 0. The predicted molar refractivity (Wildman–Crippen MR) is 76.3 cm³/mol. The molecule has 1 N–H and O–H groups in total. The predicted octanol–water partition coefficient (Wildman–Crippen LogP) is 2.93. The molecule has 0 aromatic heterocycles. The average Bonchev–Trinajstić information content (AvgIpc) is 2.46. The first kappa shape index (κ1) is 14.2. The minimum absolute atomic E-state index is 0.135. The fraction of sp³-hybridized carbons (Fsp3) is 0.500. The van der Waals surface area contributed by atoms with Crippen molar-refractivity contribution in [3.8, 4) is 0 Å². The van der Waals surface area contributed by atoms with Crippen LogP contribution in [-0.2, 0) is 0 Å². The summed E-state index contributed by atoms with van der Waals surface area (Å²) in [6, 6.07) is 6.55. The van der Waals surface area contributed by atoms with Crippen LogP contribution < -0.4 is 0 Å². The smallest absolute Gasteiger partial charge is 0.123 e. The second-order valence-corrected chi connectivity index (χ2v) is 5.16. The van der Waals surface area contributed by atoms with Gasteiger partial charge in [0.05, 0.1) is 6.61 Å². The molecule has 1 unspecified atom stereocenters. The zero-order valence-corrected chi connectivity index (χ0v) is 11.5. The van der Waals surface area contributed by atoms with Gasteiger partial charge in [0, 0.05) is 19.0 Å². The number of aliphatic hydroxyl groups excluding tert-OH is 1. The third-order valence-corrected chi connectivity index (χ3v) is 3.71. The number of nitrogens with zero attached hydrogens (tertiary/aromatic N) is 1. The molecule has 2 rings (SSSR count). The van der Waals surface area contributed by atoms with Crippen LogP contribution in [0.1, 0.15) is 25.3 Å². The maximum absolute atomic E-state index is 13.0. The van der Waals surface area contributed by atoms with E-state index in [4.69, 9.17) is 0 Å². The fourth-order valence-electron chi connectivity index (χ4n) is 2.59. The third kappa shape index (κ3) is 3.64. The van der Waals surface area contributed by atoms with Gasteiger partial charge in [-0.2, -0.15) is 0 Å². The first-order valence-corrected chi connectivity index (χ1v) is 7.03. The Hall–Kier alpha value is -1.19. The molecule has 0 bridgehead atoms. The van der Waals surface area contributed by atoms with Crippen LogP contribution in [0.3, 0.4) is 0 Å². The number of aliphatic hydroxyl groups is 1. The Morgan fingerprint density at radius 3 is 2.68 bits per heavy atom. The lowest BCUT2D eigenvalue weighted by Gasteiger charge is -2.32. The highest BCUT2D eigenvalue weighted by Crippen LogP contribution is 2.27. The second-order valence-electron chi connectivity index (χ2n) is 5.16. The summed E-state index contributed by atoms with van der Waals surface area (Å²) in [6.45, 7) is 5.22. The summed E-state index contributed by atoms with van der Waals surface area (Å²) in [6.07, 6.45) is 4.56. The molecule has 0 saturated carbocycles. The highest BCUT2D eigenvalue weighted by atomic mass is 19.1. The first-order valence-electron chi connectivity index (χ1n) is 7.03. The van der Waals surface area contributed by atoms with E-state index < -0.39 is 0 Å². The SMILES string of the molecule is CCCCN1CC=C(c2ccc(F)cc2)C(CO)C1. The molecule has 1 aromatic carbocycles. The van der Waals surface area contributed by atoms with E-state index in [1.807, 2.05) is 0 Å². The number of halogens is 1. The van der Waals surface area contributed by atoms with Crippen molar-refractivity contribution >= 4 is 5.57 Å². The van der Waals surface area contributed by atoms with Gasteiger partial charge in [-0.3, -0.25) is 4.90 Å². The lowest BCUT2D eigenvalue weighted by molar-refractivity contribution is 0.192. The molecule has 3 heteroatoms. The molecule has 1 aromatic rings. The molecule has 104 valence electrons. The molecular weight excluding hydrogens is 241 g/mol. The van der Waals surface area contributed by atoms with E-state index in [1.165, 1.54) is 25.0 Å². The van der Waals surface area contributed by atoms with Crippen LogP contribution >= 0.6 is 0 Å². The summed E-state index contributed by atoms with van der Waals surface area (Å²) in [5.41, 5.74) is 2.17. The van der Waals surface area contributed by atoms with Crippen molar-refractivity contribution < 1.29 is 9.50 Å². The second kappa shape index (κ2) is 6.83. The standard InChI is InChI=1S/C16H22FNO/c1-2-3-9-18-10-8-16(14(11-18)12-19)13-4-6-15(17)7-5-13/h4-8,14,19H,2-3,9-12H2,1H3. The van der Waals surface area contributed by atoms with Crippen LogP contribution in [0, 0.1) is 11.7 Å². The van der Waals surface area contributed by atoms with E-state index in [-0.39, 0.29) is 18.3 Å². The van der Waals surface area contributed by atoms with Gasteiger partial charge in [0.15, 0.2) is 0 Å². The highest BCUT2D eigenvalue weighted by molar-refractivity contribution is 5.68. The van der Waals surface area contributed by atoms with Gasteiger partial charge < -0.3 is 5.11 Å². The van der Waals surface area contributed by atoms with Gasteiger partial charge in [-0.25, -0.2) is 4.39 Å². The molecule has 0 radical (unpaired) electrons. The Bertz CT molecular complexity index is 427. The van der Waals surface area contributed by atoms with E-state index in [0.29, 0.717) is 0 Å². The van der Waals surface area contributed by atoms with E-state index in [1.54, 1.807) is 12.1 Å². The van der Waals surface area contributed by atoms with Crippen molar-refractivity contribution in [2.45, 2.75) is 19.8 Å². The number of hydrogen-bond acceptors (Lipinski definition) is 2. The molecule has 1 heterocycles. The van der Waals surface area contributed by atoms with Crippen molar-refractivity contribution in [3.63, 3.8) is 0 Å². The normalized spacial score (nSPS) is 20.4. The van der Waals surface area contributed by atoms with Crippen molar-refractivity contribution in [3.05, 3.63) is 41.7 Å². The lowest BCUT2D eigenvalue weighted by atomic mass is 9.89. The van der Waals surface area contributed by atoms with Gasteiger partial charge in [0.25, 0.3) is 0 Å². The van der Waals surface area contributed by atoms with Crippen LogP contribution in [0.2, 0.25) is 0 Å². The lowest BCUT2D eigenvalue weighted by Crippen LogP contribution is -2.36. The van der Waals surface area contributed by atoms with Crippen molar-refractivity contribution in [1.29, 1.82) is 0 Å². The van der Waals surface area contributed by atoms with Gasteiger partial charge in [-0.1, -0.05) is 31.6 Å². The zero-order chi connectivity index (χ0) is 13.7. The maximum Gasteiger partial charge on any atom is 0.123 e. The molecular formula is C16H22FNO. The first-order chi connectivity index (χ1) is 9.24. The minimum atomic E-state index is -0.217. The molecule has 1 aliphatic heterocycles. The van der Waals surface area contributed by atoms with Gasteiger partial charge in [0.1, 0.15) is 5.82 Å². The Morgan fingerprint density at radius 1 is 1.32 bits per heavy atom. The van der Waals surface area contributed by atoms with E-state index in [9.17, 15) is 9.50 Å². The molecule has 0 fully saturated rings. The van der Waals surface area contributed by atoms with Crippen molar-refractivity contribution in [2.75, 3.05) is 26.2 Å². The van der Waals surface area contributed by atoms with Crippen molar-refractivity contribution in [1.82, 2.24) is 4.90 Å². The quantitative estimate of drug-likeness (QED) is 0.883. The van der Waals surface area contributed by atoms with E-state index in [0.717, 1.165) is 30.8 Å². The summed E-state index contributed by atoms with van der Waals surface area (Å²) in [4.78, 5) is 2.37. The zero-order valence-electron chi connectivity index (χ0n) is 11.5. The molecule has 0 saturated heterocycles. The summed E-state index contributed by atoms with van der Waals surface area (Å²) in [5, 5.41) is 9.58. The third-order valence-electron chi connectivity index (χ3n) is 3.71. The molecule has 19 heavy (non-hydrogen) atoms. The Morgan fingerprint density at radius 2 is 2.05 bits per heavy atom. The number of hydrogen-bond donors (Lipinski definition) is 1. The van der Waals surface area contributed by atoms with Crippen LogP contribution in [-0.4, -0.2) is 36.2 Å². The van der Waals surface area contributed by atoms with Gasteiger partial charge >= 0.3 is 0 Å². The topological polar surface area (TPSA) is 23.5 Å². The van der Waals surface area contributed by atoms with Crippen LogP contribution in [0.25, 0.3) is 5.57 Å². The number of rotatable bonds is 5. The molecule has 2 nitrogen and oxygen atoms in total. The monoisotopic (exact) mass is 263 g/mol. The van der Waals surface area contributed by atoms with E-state index >= 15 is 0 Å². The summed E-state index contributed by atoms with van der Waals surface area (Å²) in [5.74, 6) is -0.0821. The molecule has 1 aliphatic rings. The fourth-order valence-corrected chi connectivity index (χ4v) is 2.59. The molecule has 0 aliphatic carbocycles. The minimum Gasteiger partial charge on any atom is -0.396 e. The Labute approximate surface area is 114 Å². The molecule has 0 amide bonds. The Balaban J connectivity index is 2.11. The van der Waals surface area contributed by atoms with Gasteiger partial charge in [-0.05, 0) is 36.2 Å². The average molecular weight is 263 g/mol. The van der Waals surface area contributed by atoms with Gasteiger partial charge in [-0.15, -0.1) is 0 Å². The molecule has 1 atom stereocenters. The Kier molecular flexibility index (Phi) is 5.11. The summed E-state index contributed by atoms with van der Waals surface area (Å²) in [7, 11) is 0. The number of unbranched alkanes of at least 4 members (excludes halogenated alkanes) is 1. The van der Waals surface area contributed by atoms with Crippen molar-refractivity contribution in [2.24, 2.45) is 5.92 Å². The number of benzene rings is 1. The summed E-state index contributed by atoms with van der Waals surface area (Å²) < 4.78 is 13.0. The molecule has 0 spiro atoms. The van der Waals surface area contributed by atoms with Crippen LogP contribution in [0.15, 0.2) is 30.3 Å². The highest BCUT2D eigenvalue weighted by Gasteiger charge is 2.22. The van der Waals surface area contributed by atoms with Crippen LogP contribution in [0.4, 0.5) is 4.39 Å². The largest absolute Gasteiger partial charge is 0.396 e.